The van der Waals surface area contributed by atoms with Gasteiger partial charge < -0.3 is 15.0 Å². The lowest BCUT2D eigenvalue weighted by Gasteiger charge is -2.30. The molecule has 33 heavy (non-hydrogen) atoms. The topological polar surface area (TPSA) is 75.7 Å². The summed E-state index contributed by atoms with van der Waals surface area (Å²) in [6.45, 7) is 4.21. The Balaban J connectivity index is 1.30. The maximum absolute atomic E-state index is 12.6. The molecule has 0 aliphatic carbocycles. The van der Waals surface area contributed by atoms with Gasteiger partial charge in [0.25, 0.3) is 5.91 Å². The molecule has 3 rings (SSSR count). The molecule has 1 aliphatic rings. The number of ether oxygens (including phenoxy) is 1. The molecule has 2 aromatic carbocycles. The van der Waals surface area contributed by atoms with Crippen LogP contribution in [-0.4, -0.2) is 42.4 Å². The molecule has 1 saturated heterocycles. The molecule has 0 unspecified atom stereocenters. The largest absolute Gasteiger partial charge is 0.466 e. The summed E-state index contributed by atoms with van der Waals surface area (Å²) in [5, 5.41) is 2.82. The van der Waals surface area contributed by atoms with Crippen LogP contribution in [0, 0.1) is 5.92 Å². The molecule has 0 spiro atoms. The van der Waals surface area contributed by atoms with Crippen LogP contribution in [0.25, 0.3) is 0 Å². The van der Waals surface area contributed by atoms with Crippen LogP contribution in [-0.2, 0) is 20.7 Å². The fourth-order valence-electron chi connectivity index (χ4n) is 3.89. The van der Waals surface area contributed by atoms with Gasteiger partial charge in [0.2, 0.25) is 5.91 Å². The summed E-state index contributed by atoms with van der Waals surface area (Å²) in [5.41, 5.74) is 2.51. The molecule has 1 aliphatic heterocycles. The first kappa shape index (κ1) is 24.5. The minimum atomic E-state index is -0.272. The zero-order valence-electron chi connectivity index (χ0n) is 19.4. The van der Waals surface area contributed by atoms with Crippen molar-refractivity contribution in [3.63, 3.8) is 0 Å². The van der Waals surface area contributed by atoms with E-state index in [0.717, 1.165) is 38.8 Å². The Labute approximate surface area is 196 Å². The van der Waals surface area contributed by atoms with E-state index in [9.17, 15) is 14.4 Å². The van der Waals surface area contributed by atoms with Crippen molar-refractivity contribution in [3.05, 3.63) is 65.7 Å². The van der Waals surface area contributed by atoms with E-state index in [2.05, 4.69) is 24.4 Å². The summed E-state index contributed by atoms with van der Waals surface area (Å²) in [7, 11) is 0. The minimum absolute atomic E-state index is 0.0436. The van der Waals surface area contributed by atoms with Crippen LogP contribution >= 0.6 is 0 Å². The van der Waals surface area contributed by atoms with Crippen molar-refractivity contribution in [2.24, 2.45) is 5.92 Å². The molecule has 1 heterocycles. The summed E-state index contributed by atoms with van der Waals surface area (Å²) in [4.78, 5) is 38.5. The number of piperidine rings is 1. The summed E-state index contributed by atoms with van der Waals surface area (Å²) in [5.74, 6) is 0.289. The first-order valence-electron chi connectivity index (χ1n) is 11.9. The highest BCUT2D eigenvalue weighted by molar-refractivity contribution is 5.96. The maximum atomic E-state index is 12.6. The number of esters is 1. The van der Waals surface area contributed by atoms with Gasteiger partial charge in [-0.15, -0.1) is 0 Å². The molecule has 6 nitrogen and oxygen atoms in total. The lowest BCUT2D eigenvalue weighted by Crippen LogP contribution is -2.37. The zero-order chi connectivity index (χ0) is 23.5. The number of carbonyl (C=O) groups is 3. The number of hydrogen-bond donors (Lipinski definition) is 1. The lowest BCUT2D eigenvalue weighted by molar-refractivity contribution is -0.143. The number of benzene rings is 2. The van der Waals surface area contributed by atoms with E-state index < -0.39 is 0 Å². The van der Waals surface area contributed by atoms with Crippen LogP contribution < -0.4 is 5.32 Å². The van der Waals surface area contributed by atoms with Gasteiger partial charge in [-0.2, -0.15) is 0 Å². The molecular weight excluding hydrogens is 416 g/mol. The summed E-state index contributed by atoms with van der Waals surface area (Å²) in [6, 6.07) is 17.1. The van der Waals surface area contributed by atoms with E-state index in [1.54, 1.807) is 24.3 Å². The van der Waals surface area contributed by atoms with E-state index >= 15 is 0 Å². The number of nitrogens with zero attached hydrogens (tertiary/aromatic N) is 1. The SMILES string of the molecule is CC1CCN(C(=O)c2ccc(NC(=O)CCCC(=O)OCCCc3ccccc3)cc2)CC1. The molecule has 2 aromatic rings. The smallest absolute Gasteiger partial charge is 0.305 e. The van der Waals surface area contributed by atoms with Crippen LogP contribution in [0.5, 0.6) is 0 Å². The van der Waals surface area contributed by atoms with Crippen LogP contribution in [0.2, 0.25) is 0 Å². The minimum Gasteiger partial charge on any atom is -0.466 e. The van der Waals surface area contributed by atoms with Crippen molar-refractivity contribution in [2.75, 3.05) is 25.0 Å². The van der Waals surface area contributed by atoms with Gasteiger partial charge in [-0.3, -0.25) is 14.4 Å². The highest BCUT2D eigenvalue weighted by Crippen LogP contribution is 2.19. The van der Waals surface area contributed by atoms with Gasteiger partial charge in [0.15, 0.2) is 0 Å². The van der Waals surface area contributed by atoms with Crippen molar-refractivity contribution in [1.82, 2.24) is 4.90 Å². The zero-order valence-corrected chi connectivity index (χ0v) is 19.4. The van der Waals surface area contributed by atoms with Crippen molar-refractivity contribution in [2.45, 2.75) is 51.9 Å². The Bertz CT molecular complexity index is 903. The average Bonchev–Trinajstić information content (AvgIpc) is 2.83. The van der Waals surface area contributed by atoms with E-state index in [1.165, 1.54) is 5.56 Å². The molecule has 0 saturated carbocycles. The number of amides is 2. The standard InChI is InChI=1S/C27H34N2O4/c1-21-16-18-29(19-17-21)27(32)23-12-14-24(15-13-23)28-25(30)10-5-11-26(31)33-20-6-9-22-7-3-2-4-8-22/h2-4,7-8,12-15,21H,5-6,9-11,16-20H2,1H3,(H,28,30). The van der Waals surface area contributed by atoms with E-state index in [1.807, 2.05) is 23.1 Å². The predicted octanol–water partition coefficient (Wildman–Crippen LogP) is 4.84. The van der Waals surface area contributed by atoms with Gasteiger partial charge in [0, 0.05) is 37.2 Å². The van der Waals surface area contributed by atoms with Gasteiger partial charge in [0.1, 0.15) is 0 Å². The number of aryl methyl sites for hydroxylation is 1. The molecule has 0 aromatic heterocycles. The number of carbonyl (C=O) groups excluding carboxylic acids is 3. The Hall–Kier alpha value is -3.15. The summed E-state index contributed by atoms with van der Waals surface area (Å²) in [6.07, 6.45) is 4.64. The summed E-state index contributed by atoms with van der Waals surface area (Å²) >= 11 is 0. The second-order valence-corrected chi connectivity index (χ2v) is 8.76. The van der Waals surface area contributed by atoms with Crippen molar-refractivity contribution in [1.29, 1.82) is 0 Å². The predicted molar refractivity (Wildman–Crippen MR) is 129 cm³/mol. The van der Waals surface area contributed by atoms with Gasteiger partial charge >= 0.3 is 5.97 Å². The van der Waals surface area contributed by atoms with Gasteiger partial charge in [-0.05, 0) is 67.9 Å². The van der Waals surface area contributed by atoms with E-state index in [0.29, 0.717) is 30.2 Å². The van der Waals surface area contributed by atoms with Crippen LogP contribution in [0.1, 0.15) is 61.4 Å². The Morgan fingerprint density at radius 1 is 0.939 bits per heavy atom. The third kappa shape index (κ3) is 8.37. The fraction of sp³-hybridized carbons (Fsp3) is 0.444. The number of likely N-dealkylation sites (tertiary alicyclic amines) is 1. The first-order chi connectivity index (χ1) is 16.0. The van der Waals surface area contributed by atoms with Crippen molar-refractivity contribution < 1.29 is 19.1 Å². The summed E-state index contributed by atoms with van der Waals surface area (Å²) < 4.78 is 5.25. The molecule has 6 heteroatoms. The molecule has 1 N–H and O–H groups in total. The molecular formula is C27H34N2O4. The highest BCUT2D eigenvalue weighted by Gasteiger charge is 2.21. The van der Waals surface area contributed by atoms with Crippen LogP contribution in [0.4, 0.5) is 5.69 Å². The maximum Gasteiger partial charge on any atom is 0.305 e. The second-order valence-electron chi connectivity index (χ2n) is 8.76. The van der Waals surface area contributed by atoms with Crippen molar-refractivity contribution in [3.8, 4) is 0 Å². The molecule has 176 valence electrons. The highest BCUT2D eigenvalue weighted by atomic mass is 16.5. The van der Waals surface area contributed by atoms with Gasteiger partial charge in [0.05, 0.1) is 6.61 Å². The third-order valence-corrected chi connectivity index (χ3v) is 5.99. The number of hydrogen-bond acceptors (Lipinski definition) is 4. The molecule has 1 fully saturated rings. The second kappa shape index (κ2) is 12.8. The molecule has 0 radical (unpaired) electrons. The van der Waals surface area contributed by atoms with Gasteiger partial charge in [-0.25, -0.2) is 0 Å². The molecule has 0 atom stereocenters. The quantitative estimate of drug-likeness (QED) is 0.415. The number of nitrogens with one attached hydrogen (secondary N) is 1. The molecule has 2 amide bonds. The van der Waals surface area contributed by atoms with Crippen LogP contribution in [0.15, 0.2) is 54.6 Å². The van der Waals surface area contributed by atoms with E-state index in [4.69, 9.17) is 4.74 Å². The fourth-order valence-corrected chi connectivity index (χ4v) is 3.89. The van der Waals surface area contributed by atoms with Crippen molar-refractivity contribution >= 4 is 23.5 Å². The monoisotopic (exact) mass is 450 g/mol. The lowest BCUT2D eigenvalue weighted by atomic mass is 9.98. The van der Waals surface area contributed by atoms with E-state index in [-0.39, 0.29) is 30.6 Å². The van der Waals surface area contributed by atoms with Gasteiger partial charge in [-0.1, -0.05) is 37.3 Å². The Kier molecular flexibility index (Phi) is 9.48. The normalized spacial score (nSPS) is 14.0. The number of anilines is 1. The molecule has 0 bridgehead atoms. The Morgan fingerprint density at radius 3 is 2.33 bits per heavy atom. The first-order valence-corrected chi connectivity index (χ1v) is 11.9. The Morgan fingerprint density at radius 2 is 1.64 bits per heavy atom. The third-order valence-electron chi connectivity index (χ3n) is 5.99. The average molecular weight is 451 g/mol. The number of rotatable bonds is 10. The van der Waals surface area contributed by atoms with Crippen LogP contribution in [0.3, 0.4) is 0 Å².